The van der Waals surface area contributed by atoms with Gasteiger partial charge in [0.25, 0.3) is 5.91 Å². The third-order valence-corrected chi connectivity index (χ3v) is 5.56. The fourth-order valence-corrected chi connectivity index (χ4v) is 4.09. The van der Waals surface area contributed by atoms with Crippen molar-refractivity contribution in [1.82, 2.24) is 25.3 Å². The highest BCUT2D eigenvalue weighted by Gasteiger charge is 2.18. The van der Waals surface area contributed by atoms with Gasteiger partial charge in [0.15, 0.2) is 0 Å². The van der Waals surface area contributed by atoms with E-state index in [0.717, 1.165) is 37.9 Å². The molecule has 0 aliphatic heterocycles. The summed E-state index contributed by atoms with van der Waals surface area (Å²) in [6, 6.07) is 7.97. The van der Waals surface area contributed by atoms with Crippen LogP contribution in [0.5, 0.6) is 0 Å². The summed E-state index contributed by atoms with van der Waals surface area (Å²) in [6.07, 6.45) is 5.13. The van der Waals surface area contributed by atoms with Crippen molar-refractivity contribution in [3.8, 4) is 10.6 Å². The van der Waals surface area contributed by atoms with Gasteiger partial charge < -0.3 is 16.0 Å². The predicted octanol–water partition coefficient (Wildman–Crippen LogP) is 4.38. The number of carbonyl (C=O) groups excluding carboxylic acids is 1. The molecule has 31 heavy (non-hydrogen) atoms. The normalized spacial score (nSPS) is 11.0. The molecule has 3 aromatic heterocycles. The largest absolute Gasteiger partial charge is 0.382 e. The second kappa shape index (κ2) is 8.65. The van der Waals surface area contributed by atoms with E-state index in [1.807, 2.05) is 31.2 Å². The van der Waals surface area contributed by atoms with Crippen LogP contribution in [0.1, 0.15) is 29.2 Å². The molecule has 0 bridgehead atoms. The maximum absolute atomic E-state index is 12.1. The van der Waals surface area contributed by atoms with E-state index in [9.17, 15) is 4.79 Å². The molecule has 158 valence electrons. The average molecular weight is 434 g/mol. The standard InChI is InChI=1S/C22H23N7OS/c1-12(2)27-17-10-19(28-14-5-6-16-18(9-14)25-8-7-24-16)26-11-15(17)22-29-20(13(3)31-22)21(30)23-4/h5-12H,1-4H3,(H,23,30)(H2,26,27,28). The molecule has 8 nitrogen and oxygen atoms in total. The number of benzene rings is 1. The molecule has 1 amide bonds. The lowest BCUT2D eigenvalue weighted by Crippen LogP contribution is -2.19. The SMILES string of the molecule is CNC(=O)c1nc(-c2cnc(Nc3ccc4nccnc4c3)cc2NC(C)C)sc1C. The lowest BCUT2D eigenvalue weighted by molar-refractivity contribution is 0.0958. The molecular weight excluding hydrogens is 410 g/mol. The van der Waals surface area contributed by atoms with Crippen molar-refractivity contribution < 1.29 is 4.79 Å². The number of nitrogens with zero attached hydrogens (tertiary/aromatic N) is 4. The van der Waals surface area contributed by atoms with Gasteiger partial charge in [0.1, 0.15) is 16.5 Å². The van der Waals surface area contributed by atoms with Crippen LogP contribution >= 0.6 is 11.3 Å². The van der Waals surface area contributed by atoms with Crippen LogP contribution in [0.2, 0.25) is 0 Å². The Kier molecular flexibility index (Phi) is 5.77. The zero-order valence-corrected chi connectivity index (χ0v) is 18.5. The van der Waals surface area contributed by atoms with Crippen molar-refractivity contribution in [2.45, 2.75) is 26.8 Å². The van der Waals surface area contributed by atoms with Crippen LogP contribution in [0, 0.1) is 6.92 Å². The highest BCUT2D eigenvalue weighted by molar-refractivity contribution is 7.15. The number of nitrogens with one attached hydrogen (secondary N) is 3. The first-order valence-electron chi connectivity index (χ1n) is 9.89. The van der Waals surface area contributed by atoms with Crippen molar-refractivity contribution in [2.24, 2.45) is 0 Å². The predicted molar refractivity (Wildman–Crippen MR) is 125 cm³/mol. The second-order valence-corrected chi connectivity index (χ2v) is 8.51. The molecule has 3 N–H and O–H groups in total. The topological polar surface area (TPSA) is 105 Å². The van der Waals surface area contributed by atoms with Crippen LogP contribution in [0.3, 0.4) is 0 Å². The van der Waals surface area contributed by atoms with Crippen LogP contribution < -0.4 is 16.0 Å². The highest BCUT2D eigenvalue weighted by Crippen LogP contribution is 2.34. The van der Waals surface area contributed by atoms with Crippen molar-refractivity contribution in [3.63, 3.8) is 0 Å². The second-order valence-electron chi connectivity index (χ2n) is 7.30. The lowest BCUT2D eigenvalue weighted by Gasteiger charge is -2.15. The number of pyridine rings is 1. The van der Waals surface area contributed by atoms with Gasteiger partial charge in [0, 0.05) is 54.0 Å². The number of rotatable bonds is 6. The number of thiazole rings is 1. The Morgan fingerprint density at radius 3 is 2.58 bits per heavy atom. The van der Waals surface area contributed by atoms with Crippen LogP contribution in [0.4, 0.5) is 17.2 Å². The summed E-state index contributed by atoms with van der Waals surface area (Å²) < 4.78 is 0. The maximum atomic E-state index is 12.1. The number of aryl methyl sites for hydroxylation is 1. The molecule has 0 radical (unpaired) electrons. The smallest absolute Gasteiger partial charge is 0.270 e. The van der Waals surface area contributed by atoms with E-state index in [4.69, 9.17) is 0 Å². The number of hydrogen-bond donors (Lipinski definition) is 3. The zero-order valence-electron chi connectivity index (χ0n) is 17.7. The number of fused-ring (bicyclic) bond motifs is 1. The monoisotopic (exact) mass is 433 g/mol. The van der Waals surface area contributed by atoms with Gasteiger partial charge in [-0.05, 0) is 39.0 Å². The van der Waals surface area contributed by atoms with Crippen LogP contribution in [0.15, 0.2) is 42.9 Å². The van der Waals surface area contributed by atoms with Crippen molar-refractivity contribution in [1.29, 1.82) is 0 Å². The fourth-order valence-electron chi connectivity index (χ4n) is 3.15. The van der Waals surface area contributed by atoms with Gasteiger partial charge in [-0.25, -0.2) is 9.97 Å². The summed E-state index contributed by atoms with van der Waals surface area (Å²) in [7, 11) is 1.60. The Hall–Kier alpha value is -3.59. The fraction of sp³-hybridized carbons (Fsp3) is 0.227. The van der Waals surface area contributed by atoms with Crippen LogP contribution in [0.25, 0.3) is 21.6 Å². The number of aromatic nitrogens is 4. The summed E-state index contributed by atoms with van der Waals surface area (Å²) in [5, 5.41) is 10.2. The van der Waals surface area contributed by atoms with Crippen molar-refractivity contribution in [2.75, 3.05) is 17.7 Å². The summed E-state index contributed by atoms with van der Waals surface area (Å²) >= 11 is 1.48. The van der Waals surface area contributed by atoms with Gasteiger partial charge in [0.05, 0.1) is 16.6 Å². The minimum absolute atomic E-state index is 0.191. The van der Waals surface area contributed by atoms with Gasteiger partial charge in [-0.15, -0.1) is 11.3 Å². The van der Waals surface area contributed by atoms with E-state index in [1.54, 1.807) is 25.6 Å². The molecule has 4 rings (SSSR count). The van der Waals surface area contributed by atoms with Gasteiger partial charge in [0.2, 0.25) is 0 Å². The third kappa shape index (κ3) is 4.46. The zero-order chi connectivity index (χ0) is 22.0. The molecule has 0 fully saturated rings. The summed E-state index contributed by atoms with van der Waals surface area (Å²) in [5.74, 6) is 0.499. The van der Waals surface area contributed by atoms with E-state index < -0.39 is 0 Å². The Morgan fingerprint density at radius 1 is 1.06 bits per heavy atom. The molecule has 4 aromatic rings. The number of carbonyl (C=O) groups is 1. The van der Waals surface area contributed by atoms with Gasteiger partial charge >= 0.3 is 0 Å². The molecule has 3 heterocycles. The van der Waals surface area contributed by atoms with E-state index in [1.165, 1.54) is 11.3 Å². The number of amides is 1. The van der Waals surface area contributed by atoms with Gasteiger partial charge in [-0.2, -0.15) is 0 Å². The molecule has 0 spiro atoms. The average Bonchev–Trinajstić information content (AvgIpc) is 3.14. The molecule has 0 unspecified atom stereocenters. The van der Waals surface area contributed by atoms with E-state index in [0.29, 0.717) is 11.5 Å². The number of hydrogen-bond acceptors (Lipinski definition) is 8. The molecule has 0 aliphatic rings. The van der Waals surface area contributed by atoms with Crippen LogP contribution in [-0.2, 0) is 0 Å². The summed E-state index contributed by atoms with van der Waals surface area (Å²) in [4.78, 5) is 30.7. The van der Waals surface area contributed by atoms with E-state index in [-0.39, 0.29) is 11.9 Å². The molecule has 1 aromatic carbocycles. The Morgan fingerprint density at radius 2 is 1.84 bits per heavy atom. The molecule has 0 atom stereocenters. The first kappa shape index (κ1) is 20.7. The lowest BCUT2D eigenvalue weighted by atomic mass is 10.2. The van der Waals surface area contributed by atoms with Gasteiger partial charge in [-0.1, -0.05) is 0 Å². The van der Waals surface area contributed by atoms with E-state index >= 15 is 0 Å². The molecular formula is C22H23N7OS. The molecule has 0 saturated carbocycles. The quantitative estimate of drug-likeness (QED) is 0.414. The Bertz CT molecular complexity index is 1250. The van der Waals surface area contributed by atoms with Crippen molar-refractivity contribution >= 4 is 45.5 Å². The summed E-state index contributed by atoms with van der Waals surface area (Å²) in [5.41, 5.74) is 4.71. The van der Waals surface area contributed by atoms with E-state index in [2.05, 4.69) is 49.7 Å². The minimum Gasteiger partial charge on any atom is -0.382 e. The Labute approximate surface area is 184 Å². The van der Waals surface area contributed by atoms with Crippen LogP contribution in [-0.4, -0.2) is 38.9 Å². The highest BCUT2D eigenvalue weighted by atomic mass is 32.1. The molecule has 9 heteroatoms. The third-order valence-electron chi connectivity index (χ3n) is 4.56. The molecule has 0 aliphatic carbocycles. The first-order valence-corrected chi connectivity index (χ1v) is 10.7. The Balaban J connectivity index is 1.69. The van der Waals surface area contributed by atoms with Crippen molar-refractivity contribution in [3.05, 3.63) is 53.4 Å². The molecule has 0 saturated heterocycles. The minimum atomic E-state index is -0.191. The van der Waals surface area contributed by atoms with Gasteiger partial charge in [-0.3, -0.25) is 14.8 Å². The number of anilines is 3. The summed E-state index contributed by atoms with van der Waals surface area (Å²) in [6.45, 7) is 6.04. The first-order chi connectivity index (χ1) is 14.9. The maximum Gasteiger partial charge on any atom is 0.270 e.